The van der Waals surface area contributed by atoms with E-state index >= 15 is 0 Å². The summed E-state index contributed by atoms with van der Waals surface area (Å²) in [6, 6.07) is 18.8. The van der Waals surface area contributed by atoms with E-state index in [1.165, 1.54) is 30.4 Å². The highest BCUT2D eigenvalue weighted by Gasteiger charge is 2.01. The summed E-state index contributed by atoms with van der Waals surface area (Å²) in [7, 11) is 0. The quantitative estimate of drug-likeness (QED) is 0.375. The summed E-state index contributed by atoms with van der Waals surface area (Å²) in [6.45, 7) is 6.74. The van der Waals surface area contributed by atoms with Crippen LogP contribution in [-0.4, -0.2) is 0 Å². The molecule has 0 aromatic heterocycles. The van der Waals surface area contributed by atoms with Gasteiger partial charge in [0.1, 0.15) is 12.4 Å². The number of benzene rings is 2. The van der Waals surface area contributed by atoms with Gasteiger partial charge in [-0.2, -0.15) is 0 Å². The summed E-state index contributed by atoms with van der Waals surface area (Å²) in [5, 5.41) is 0. The first-order valence-corrected chi connectivity index (χ1v) is 8.64. The lowest BCUT2D eigenvalue weighted by Crippen LogP contribution is -1.96. The summed E-state index contributed by atoms with van der Waals surface area (Å²) >= 11 is 0. The Balaban J connectivity index is 1.69. The SMILES string of the molecule is C=CC[C@@H](C)CCCCc1ccc(OCc2ccccc2)cc1. The van der Waals surface area contributed by atoms with E-state index in [1.807, 2.05) is 24.3 Å². The largest absolute Gasteiger partial charge is 0.489 e. The standard InChI is InChI=1S/C22H28O/c1-3-9-19(2)10-7-8-11-20-14-16-22(17-15-20)23-18-21-12-5-4-6-13-21/h3-6,12-17,19H,1,7-11,18H2,2H3/t19-/m1/s1. The number of hydrogen-bond donors (Lipinski definition) is 0. The van der Waals surface area contributed by atoms with Gasteiger partial charge in [0.25, 0.3) is 0 Å². The average molecular weight is 308 g/mol. The Labute approximate surface area is 141 Å². The first kappa shape index (κ1) is 17.3. The van der Waals surface area contributed by atoms with Crippen LogP contribution in [-0.2, 0) is 13.0 Å². The van der Waals surface area contributed by atoms with Crippen molar-refractivity contribution in [2.45, 2.75) is 45.6 Å². The molecule has 23 heavy (non-hydrogen) atoms. The highest BCUT2D eigenvalue weighted by atomic mass is 16.5. The monoisotopic (exact) mass is 308 g/mol. The Morgan fingerprint density at radius 1 is 0.957 bits per heavy atom. The lowest BCUT2D eigenvalue weighted by atomic mass is 9.98. The van der Waals surface area contributed by atoms with Crippen LogP contribution in [0.2, 0.25) is 0 Å². The third-order valence-corrected chi connectivity index (χ3v) is 4.15. The van der Waals surface area contributed by atoms with Crippen LogP contribution in [0.25, 0.3) is 0 Å². The zero-order valence-corrected chi connectivity index (χ0v) is 14.2. The predicted molar refractivity (Wildman–Crippen MR) is 98.7 cm³/mol. The van der Waals surface area contributed by atoms with Gasteiger partial charge in [-0.05, 0) is 48.4 Å². The molecule has 2 aromatic carbocycles. The third kappa shape index (κ3) is 6.73. The molecule has 0 amide bonds. The molecule has 0 saturated carbocycles. The number of rotatable bonds is 10. The number of aryl methyl sites for hydroxylation is 1. The smallest absolute Gasteiger partial charge is 0.119 e. The van der Waals surface area contributed by atoms with Crippen molar-refractivity contribution in [3.05, 3.63) is 78.4 Å². The van der Waals surface area contributed by atoms with E-state index in [1.54, 1.807) is 0 Å². The first-order chi connectivity index (χ1) is 11.3. The summed E-state index contributed by atoms with van der Waals surface area (Å²) in [5.74, 6) is 1.71. The van der Waals surface area contributed by atoms with E-state index in [-0.39, 0.29) is 0 Å². The van der Waals surface area contributed by atoms with Gasteiger partial charge in [-0.25, -0.2) is 0 Å². The second kappa shape index (κ2) is 9.89. The fraction of sp³-hybridized carbons (Fsp3) is 0.364. The molecule has 1 heteroatoms. The van der Waals surface area contributed by atoms with E-state index < -0.39 is 0 Å². The maximum atomic E-state index is 5.82. The van der Waals surface area contributed by atoms with Crippen molar-refractivity contribution in [1.82, 2.24) is 0 Å². The summed E-state index contributed by atoms with van der Waals surface area (Å²) in [4.78, 5) is 0. The van der Waals surface area contributed by atoms with Crippen molar-refractivity contribution in [2.24, 2.45) is 5.92 Å². The van der Waals surface area contributed by atoms with Gasteiger partial charge in [0, 0.05) is 0 Å². The van der Waals surface area contributed by atoms with Crippen molar-refractivity contribution in [3.8, 4) is 5.75 Å². The molecule has 0 radical (unpaired) electrons. The normalized spacial score (nSPS) is 11.9. The van der Waals surface area contributed by atoms with E-state index in [0.717, 1.165) is 24.5 Å². The van der Waals surface area contributed by atoms with Gasteiger partial charge in [0.2, 0.25) is 0 Å². The van der Waals surface area contributed by atoms with Crippen LogP contribution in [0.15, 0.2) is 67.3 Å². The Kier molecular flexibility index (Phi) is 7.45. The zero-order valence-electron chi connectivity index (χ0n) is 14.2. The van der Waals surface area contributed by atoms with Gasteiger partial charge in [-0.15, -0.1) is 6.58 Å². The summed E-state index contributed by atoms with van der Waals surface area (Å²) in [6.07, 6.45) is 8.16. The van der Waals surface area contributed by atoms with Gasteiger partial charge < -0.3 is 4.74 Å². The van der Waals surface area contributed by atoms with E-state index in [4.69, 9.17) is 4.74 Å². The molecule has 0 aliphatic carbocycles. The number of unbranched alkanes of at least 4 members (excludes halogenated alkanes) is 1. The molecule has 0 fully saturated rings. The average Bonchev–Trinajstić information content (AvgIpc) is 2.59. The van der Waals surface area contributed by atoms with Crippen LogP contribution in [0.5, 0.6) is 5.75 Å². The molecule has 0 saturated heterocycles. The fourth-order valence-electron chi connectivity index (χ4n) is 2.72. The number of allylic oxidation sites excluding steroid dienone is 1. The Morgan fingerprint density at radius 3 is 2.39 bits per heavy atom. The van der Waals surface area contributed by atoms with Gasteiger partial charge in [0.05, 0.1) is 0 Å². The van der Waals surface area contributed by atoms with Gasteiger partial charge in [-0.3, -0.25) is 0 Å². The first-order valence-electron chi connectivity index (χ1n) is 8.64. The molecule has 0 spiro atoms. The lowest BCUT2D eigenvalue weighted by Gasteiger charge is -2.09. The van der Waals surface area contributed by atoms with Crippen LogP contribution in [0.4, 0.5) is 0 Å². The Hall–Kier alpha value is -2.02. The molecule has 0 unspecified atom stereocenters. The molecular formula is C22H28O. The second-order valence-corrected chi connectivity index (χ2v) is 6.29. The fourth-order valence-corrected chi connectivity index (χ4v) is 2.72. The van der Waals surface area contributed by atoms with E-state index in [9.17, 15) is 0 Å². The molecule has 122 valence electrons. The minimum Gasteiger partial charge on any atom is -0.489 e. The number of hydrogen-bond acceptors (Lipinski definition) is 1. The minimum absolute atomic E-state index is 0.626. The molecule has 0 aliphatic rings. The van der Waals surface area contributed by atoms with Crippen molar-refractivity contribution < 1.29 is 4.74 Å². The molecule has 0 N–H and O–H groups in total. The Morgan fingerprint density at radius 2 is 1.70 bits per heavy atom. The second-order valence-electron chi connectivity index (χ2n) is 6.29. The zero-order chi connectivity index (χ0) is 16.3. The molecule has 1 nitrogen and oxygen atoms in total. The van der Waals surface area contributed by atoms with Gasteiger partial charge >= 0.3 is 0 Å². The Bertz CT molecular complexity index is 556. The lowest BCUT2D eigenvalue weighted by molar-refractivity contribution is 0.306. The molecule has 1 atom stereocenters. The maximum Gasteiger partial charge on any atom is 0.119 e. The molecular weight excluding hydrogens is 280 g/mol. The molecule has 0 aliphatic heterocycles. The highest BCUT2D eigenvalue weighted by Crippen LogP contribution is 2.17. The third-order valence-electron chi connectivity index (χ3n) is 4.15. The van der Waals surface area contributed by atoms with Crippen LogP contribution >= 0.6 is 0 Å². The van der Waals surface area contributed by atoms with Crippen LogP contribution in [0.1, 0.15) is 43.7 Å². The highest BCUT2D eigenvalue weighted by molar-refractivity contribution is 5.27. The van der Waals surface area contributed by atoms with Gasteiger partial charge in [0.15, 0.2) is 0 Å². The maximum absolute atomic E-state index is 5.82. The number of ether oxygens (including phenoxy) is 1. The van der Waals surface area contributed by atoms with E-state index in [0.29, 0.717) is 6.61 Å². The van der Waals surface area contributed by atoms with Crippen molar-refractivity contribution in [2.75, 3.05) is 0 Å². The molecule has 2 rings (SSSR count). The van der Waals surface area contributed by atoms with Crippen LogP contribution < -0.4 is 4.74 Å². The molecule has 0 heterocycles. The van der Waals surface area contributed by atoms with Crippen LogP contribution in [0.3, 0.4) is 0 Å². The van der Waals surface area contributed by atoms with Crippen molar-refractivity contribution >= 4 is 0 Å². The summed E-state index contributed by atoms with van der Waals surface area (Å²) in [5.41, 5.74) is 2.60. The van der Waals surface area contributed by atoms with E-state index in [2.05, 4.69) is 49.9 Å². The van der Waals surface area contributed by atoms with Gasteiger partial charge in [-0.1, -0.05) is 68.3 Å². The predicted octanol–water partition coefficient (Wildman–Crippen LogP) is 6.19. The molecule has 2 aromatic rings. The summed E-state index contributed by atoms with van der Waals surface area (Å²) < 4.78 is 5.82. The van der Waals surface area contributed by atoms with Crippen molar-refractivity contribution in [1.29, 1.82) is 0 Å². The van der Waals surface area contributed by atoms with Crippen LogP contribution in [0, 0.1) is 5.92 Å². The topological polar surface area (TPSA) is 9.23 Å². The van der Waals surface area contributed by atoms with Crippen molar-refractivity contribution in [3.63, 3.8) is 0 Å². The minimum atomic E-state index is 0.626. The molecule has 0 bridgehead atoms.